The van der Waals surface area contributed by atoms with Crippen molar-refractivity contribution in [3.63, 3.8) is 0 Å². The maximum Gasteiger partial charge on any atom is 0.213 e. The first-order valence-electron chi connectivity index (χ1n) is 4.40. The maximum absolute atomic E-state index is 13.2. The number of nitrogens with one attached hydrogen (secondary N) is 1. The van der Waals surface area contributed by atoms with Crippen molar-refractivity contribution in [2.75, 3.05) is 19.8 Å². The van der Waals surface area contributed by atoms with Crippen molar-refractivity contribution in [3.8, 4) is 0 Å². The molecule has 0 spiro atoms. The van der Waals surface area contributed by atoms with Gasteiger partial charge in [-0.1, -0.05) is 0 Å². The van der Waals surface area contributed by atoms with Gasteiger partial charge >= 0.3 is 0 Å². The Kier molecular flexibility index (Phi) is 2.69. The lowest BCUT2D eigenvalue weighted by molar-refractivity contribution is 0.0741. The summed E-state index contributed by atoms with van der Waals surface area (Å²) in [6.45, 7) is 1.54. The number of rotatable bonds is 1. The number of hydrogen-bond acceptors (Lipinski definition) is 3. The molecule has 0 aromatic carbocycles. The van der Waals surface area contributed by atoms with E-state index in [2.05, 4.69) is 10.3 Å². The summed E-state index contributed by atoms with van der Waals surface area (Å²) in [5, 5.41) is 3.01. The van der Waals surface area contributed by atoms with Gasteiger partial charge in [0.05, 0.1) is 24.9 Å². The first kappa shape index (κ1) is 9.48. The van der Waals surface area contributed by atoms with Gasteiger partial charge in [0.25, 0.3) is 0 Å². The van der Waals surface area contributed by atoms with Crippen LogP contribution >= 0.6 is 0 Å². The molecule has 2 heterocycles. The second-order valence-corrected chi connectivity index (χ2v) is 3.08. The molecule has 2 rings (SSSR count). The number of nitrogens with zero attached hydrogens (tertiary/aromatic N) is 1. The van der Waals surface area contributed by atoms with Crippen LogP contribution in [-0.4, -0.2) is 24.7 Å². The van der Waals surface area contributed by atoms with E-state index in [4.69, 9.17) is 4.74 Å². The van der Waals surface area contributed by atoms with Crippen LogP contribution < -0.4 is 5.32 Å². The van der Waals surface area contributed by atoms with Crippen LogP contribution in [0.25, 0.3) is 0 Å². The molecule has 1 fully saturated rings. The SMILES string of the molecule is Fc1ccc(F)c([C@H]2COCCN2)n1. The van der Waals surface area contributed by atoms with Crippen LogP contribution in [0.4, 0.5) is 8.78 Å². The molecule has 76 valence electrons. The van der Waals surface area contributed by atoms with E-state index < -0.39 is 11.8 Å². The highest BCUT2D eigenvalue weighted by Gasteiger charge is 2.20. The summed E-state index contributed by atoms with van der Waals surface area (Å²) in [5.74, 6) is -1.18. The molecule has 0 saturated carbocycles. The topological polar surface area (TPSA) is 34.1 Å². The summed E-state index contributed by atoms with van der Waals surface area (Å²) in [4.78, 5) is 3.51. The number of aromatic nitrogens is 1. The smallest absolute Gasteiger partial charge is 0.213 e. The van der Waals surface area contributed by atoms with Gasteiger partial charge in [-0.3, -0.25) is 0 Å². The monoisotopic (exact) mass is 200 g/mol. The maximum atomic E-state index is 13.2. The summed E-state index contributed by atoms with van der Waals surface area (Å²) in [7, 11) is 0. The molecule has 1 N–H and O–H groups in total. The molecule has 1 aliphatic heterocycles. The van der Waals surface area contributed by atoms with Crippen molar-refractivity contribution < 1.29 is 13.5 Å². The molecule has 0 amide bonds. The average molecular weight is 200 g/mol. The molecule has 0 unspecified atom stereocenters. The van der Waals surface area contributed by atoms with Crippen LogP contribution in [0.5, 0.6) is 0 Å². The van der Waals surface area contributed by atoms with Gasteiger partial charge in [0.1, 0.15) is 5.82 Å². The molecule has 14 heavy (non-hydrogen) atoms. The Labute approximate surface area is 80.1 Å². The quantitative estimate of drug-likeness (QED) is 0.687. The van der Waals surface area contributed by atoms with Crippen LogP contribution in [0, 0.1) is 11.8 Å². The zero-order valence-corrected chi connectivity index (χ0v) is 7.46. The fourth-order valence-corrected chi connectivity index (χ4v) is 1.42. The number of halogens is 2. The normalized spacial score (nSPS) is 22.3. The molecular weight excluding hydrogens is 190 g/mol. The number of morpholine rings is 1. The fraction of sp³-hybridized carbons (Fsp3) is 0.444. The Morgan fingerprint density at radius 1 is 1.43 bits per heavy atom. The summed E-state index contributed by atoms with van der Waals surface area (Å²) < 4.78 is 31.1. The van der Waals surface area contributed by atoms with Gasteiger partial charge in [-0.05, 0) is 12.1 Å². The zero-order valence-electron chi connectivity index (χ0n) is 7.46. The van der Waals surface area contributed by atoms with Crippen molar-refractivity contribution in [2.24, 2.45) is 0 Å². The first-order chi connectivity index (χ1) is 6.77. The molecule has 1 aliphatic rings. The lowest BCUT2D eigenvalue weighted by Crippen LogP contribution is -2.35. The Morgan fingerprint density at radius 3 is 3.00 bits per heavy atom. The minimum Gasteiger partial charge on any atom is -0.378 e. The summed E-state index contributed by atoms with van der Waals surface area (Å²) in [6, 6.07) is 1.73. The summed E-state index contributed by atoms with van der Waals surface area (Å²) in [6.07, 6.45) is 0. The second-order valence-electron chi connectivity index (χ2n) is 3.08. The first-order valence-corrected chi connectivity index (χ1v) is 4.40. The highest BCUT2D eigenvalue weighted by molar-refractivity contribution is 5.13. The fourth-order valence-electron chi connectivity index (χ4n) is 1.42. The van der Waals surface area contributed by atoms with Gasteiger partial charge in [0, 0.05) is 6.54 Å². The molecule has 0 bridgehead atoms. The lowest BCUT2D eigenvalue weighted by atomic mass is 10.1. The van der Waals surface area contributed by atoms with Gasteiger partial charge in [-0.2, -0.15) is 4.39 Å². The number of pyridine rings is 1. The second kappa shape index (κ2) is 3.98. The summed E-state index contributed by atoms with van der Waals surface area (Å²) >= 11 is 0. The molecular formula is C9H10F2N2O. The van der Waals surface area contributed by atoms with Crippen molar-refractivity contribution in [1.82, 2.24) is 10.3 Å². The van der Waals surface area contributed by atoms with Gasteiger partial charge in [-0.15, -0.1) is 0 Å². The standard InChI is InChI=1S/C9H10F2N2O/c10-6-1-2-8(11)13-9(6)7-5-14-4-3-12-7/h1-2,7,12H,3-5H2/t7-/m1/s1. The Balaban J connectivity index is 2.24. The van der Waals surface area contributed by atoms with Gasteiger partial charge in [-0.25, -0.2) is 9.37 Å². The predicted octanol–water partition coefficient (Wildman–Crippen LogP) is 1.02. The van der Waals surface area contributed by atoms with Crippen molar-refractivity contribution in [2.45, 2.75) is 6.04 Å². The third-order valence-corrected chi connectivity index (χ3v) is 2.09. The van der Waals surface area contributed by atoms with Gasteiger partial charge in [0.15, 0.2) is 0 Å². The zero-order chi connectivity index (χ0) is 9.97. The molecule has 0 aliphatic carbocycles. The molecule has 3 nitrogen and oxygen atoms in total. The molecule has 1 aromatic heterocycles. The van der Waals surface area contributed by atoms with Crippen molar-refractivity contribution in [3.05, 3.63) is 29.6 Å². The van der Waals surface area contributed by atoms with E-state index in [1.165, 1.54) is 0 Å². The molecule has 0 radical (unpaired) electrons. The number of hydrogen-bond donors (Lipinski definition) is 1. The van der Waals surface area contributed by atoms with Gasteiger partial charge < -0.3 is 10.1 Å². The molecule has 5 heteroatoms. The third-order valence-electron chi connectivity index (χ3n) is 2.09. The predicted molar refractivity (Wildman–Crippen MR) is 45.7 cm³/mol. The highest BCUT2D eigenvalue weighted by Crippen LogP contribution is 2.17. The largest absolute Gasteiger partial charge is 0.378 e. The van der Waals surface area contributed by atoms with Crippen LogP contribution in [0.15, 0.2) is 12.1 Å². The van der Waals surface area contributed by atoms with Gasteiger partial charge in [0.2, 0.25) is 5.95 Å². The van der Waals surface area contributed by atoms with Crippen LogP contribution in [0.3, 0.4) is 0 Å². The Bertz CT molecular complexity index is 327. The van der Waals surface area contributed by atoms with E-state index in [1.54, 1.807) is 0 Å². The number of ether oxygens (including phenoxy) is 1. The Hall–Kier alpha value is -1.07. The van der Waals surface area contributed by atoms with E-state index in [9.17, 15) is 8.78 Å². The van der Waals surface area contributed by atoms with E-state index >= 15 is 0 Å². The lowest BCUT2D eigenvalue weighted by Gasteiger charge is -2.23. The highest BCUT2D eigenvalue weighted by atomic mass is 19.1. The van der Waals surface area contributed by atoms with E-state index in [0.29, 0.717) is 19.8 Å². The molecule has 1 atom stereocenters. The van der Waals surface area contributed by atoms with Crippen LogP contribution in [-0.2, 0) is 4.74 Å². The minimum atomic E-state index is -0.672. The van der Waals surface area contributed by atoms with Crippen molar-refractivity contribution >= 4 is 0 Å². The van der Waals surface area contributed by atoms with E-state index in [1.807, 2.05) is 0 Å². The average Bonchev–Trinajstić information content (AvgIpc) is 2.23. The Morgan fingerprint density at radius 2 is 2.29 bits per heavy atom. The van der Waals surface area contributed by atoms with Crippen LogP contribution in [0.2, 0.25) is 0 Å². The summed E-state index contributed by atoms with van der Waals surface area (Å²) in [5.41, 5.74) is 0.0877. The van der Waals surface area contributed by atoms with E-state index in [-0.39, 0.29) is 11.7 Å². The molecule has 1 saturated heterocycles. The molecule has 1 aromatic rings. The van der Waals surface area contributed by atoms with E-state index in [0.717, 1.165) is 12.1 Å². The van der Waals surface area contributed by atoms with Crippen molar-refractivity contribution in [1.29, 1.82) is 0 Å². The minimum absolute atomic E-state index is 0.0877. The third kappa shape index (κ3) is 1.88. The van der Waals surface area contributed by atoms with Crippen LogP contribution in [0.1, 0.15) is 11.7 Å².